The number of hydrogen-bond acceptors (Lipinski definition) is 4. The summed E-state index contributed by atoms with van der Waals surface area (Å²) >= 11 is 1.11. The predicted molar refractivity (Wildman–Crippen MR) is 123 cm³/mol. The van der Waals surface area contributed by atoms with Crippen LogP contribution in [0.4, 0.5) is 0 Å². The van der Waals surface area contributed by atoms with Gasteiger partial charge in [0.15, 0.2) is 0 Å². The topological polar surface area (TPSA) is 68.2 Å². The van der Waals surface area contributed by atoms with Crippen LogP contribution in [0, 0.1) is 17.8 Å². The summed E-state index contributed by atoms with van der Waals surface area (Å²) in [6.07, 6.45) is 6.74. The molecule has 7 heteroatoms. The average Bonchev–Trinajstić information content (AvgIpc) is 3.01. The van der Waals surface area contributed by atoms with Crippen molar-refractivity contribution in [2.45, 2.75) is 55.5 Å². The first-order valence-electron chi connectivity index (χ1n) is 11.1. The molecule has 0 saturated heterocycles. The minimum atomic E-state index is -3.63. The van der Waals surface area contributed by atoms with Gasteiger partial charge >= 0.3 is 4.87 Å². The number of sulfonamides is 1. The largest absolute Gasteiger partial charge is 0.308 e. The van der Waals surface area contributed by atoms with E-state index in [9.17, 15) is 13.2 Å². The Hall–Kier alpha value is -1.96. The summed E-state index contributed by atoms with van der Waals surface area (Å²) in [5.41, 5.74) is 1.56. The Balaban J connectivity index is 1.31. The molecular formula is C24H26N2O3S2. The molecule has 31 heavy (non-hydrogen) atoms. The number of hydrogen-bond donors (Lipinski definition) is 1. The lowest BCUT2D eigenvalue weighted by Crippen LogP contribution is -2.59. The van der Waals surface area contributed by atoms with Crippen molar-refractivity contribution >= 4 is 31.6 Å². The zero-order valence-electron chi connectivity index (χ0n) is 17.3. The molecule has 1 aromatic heterocycles. The lowest BCUT2D eigenvalue weighted by atomic mass is 9.53. The fraction of sp³-hybridized carbons (Fsp3) is 0.458. The van der Waals surface area contributed by atoms with Crippen molar-refractivity contribution < 1.29 is 8.42 Å². The van der Waals surface area contributed by atoms with Crippen LogP contribution < -0.4 is 9.60 Å². The molecule has 162 valence electrons. The molecule has 1 heterocycles. The maximum Gasteiger partial charge on any atom is 0.308 e. The first-order chi connectivity index (χ1) is 14.9. The second-order valence-electron chi connectivity index (χ2n) is 9.87. The van der Waals surface area contributed by atoms with Crippen molar-refractivity contribution in [2.24, 2.45) is 17.8 Å². The molecule has 2 aromatic carbocycles. The van der Waals surface area contributed by atoms with Gasteiger partial charge in [0.25, 0.3) is 0 Å². The lowest BCUT2D eigenvalue weighted by Gasteiger charge is -2.56. The Bertz CT molecular complexity index is 1270. The molecule has 4 saturated carbocycles. The summed E-state index contributed by atoms with van der Waals surface area (Å²) in [6, 6.07) is 14.9. The highest BCUT2D eigenvalue weighted by atomic mass is 32.2. The molecule has 0 unspecified atom stereocenters. The number of thiazole rings is 1. The summed E-state index contributed by atoms with van der Waals surface area (Å²) < 4.78 is 32.3. The van der Waals surface area contributed by atoms with E-state index in [-0.39, 0.29) is 15.3 Å². The van der Waals surface area contributed by atoms with Gasteiger partial charge < -0.3 is 0 Å². The Morgan fingerprint density at radius 1 is 0.968 bits per heavy atom. The van der Waals surface area contributed by atoms with Crippen LogP contribution in [-0.4, -0.2) is 18.5 Å². The number of aromatic nitrogens is 1. The van der Waals surface area contributed by atoms with Crippen molar-refractivity contribution in [2.75, 3.05) is 0 Å². The van der Waals surface area contributed by atoms with Gasteiger partial charge in [-0.15, -0.1) is 0 Å². The summed E-state index contributed by atoms with van der Waals surface area (Å²) in [4.78, 5) is 12.8. The molecular weight excluding hydrogens is 428 g/mol. The third-order valence-corrected chi connectivity index (χ3v) is 10.0. The highest BCUT2D eigenvalue weighted by Gasteiger charge is 2.52. The van der Waals surface area contributed by atoms with Crippen molar-refractivity contribution in [1.29, 1.82) is 0 Å². The second-order valence-corrected chi connectivity index (χ2v) is 12.5. The Morgan fingerprint density at radius 3 is 2.26 bits per heavy atom. The summed E-state index contributed by atoms with van der Waals surface area (Å²) in [5, 5.41) is 0. The van der Waals surface area contributed by atoms with Gasteiger partial charge in [0.05, 0.1) is 21.7 Å². The normalized spacial score (nSPS) is 29.6. The second kappa shape index (κ2) is 7.02. The van der Waals surface area contributed by atoms with Crippen LogP contribution in [0.3, 0.4) is 0 Å². The maximum absolute atomic E-state index is 13.4. The third kappa shape index (κ3) is 3.47. The quantitative estimate of drug-likeness (QED) is 0.623. The number of fused-ring (bicyclic) bond motifs is 1. The molecule has 4 aliphatic rings. The first-order valence-corrected chi connectivity index (χ1v) is 13.4. The van der Waals surface area contributed by atoms with E-state index in [1.165, 1.54) is 19.3 Å². The van der Waals surface area contributed by atoms with Crippen LogP contribution in [0.25, 0.3) is 10.2 Å². The Labute approximate surface area is 186 Å². The van der Waals surface area contributed by atoms with Gasteiger partial charge in [-0.2, -0.15) is 0 Å². The summed E-state index contributed by atoms with van der Waals surface area (Å²) in [5.74, 6) is 2.02. The lowest BCUT2D eigenvalue weighted by molar-refractivity contribution is -0.00810. The molecule has 1 N–H and O–H groups in total. The maximum atomic E-state index is 13.4. The van der Waals surface area contributed by atoms with Crippen LogP contribution >= 0.6 is 11.3 Å². The molecule has 4 aliphatic carbocycles. The highest BCUT2D eigenvalue weighted by Crippen LogP contribution is 2.56. The molecule has 0 spiro atoms. The predicted octanol–water partition coefficient (Wildman–Crippen LogP) is 4.36. The van der Waals surface area contributed by atoms with Gasteiger partial charge in [0, 0.05) is 5.54 Å². The third-order valence-electron chi connectivity index (χ3n) is 7.52. The molecule has 5 nitrogen and oxygen atoms in total. The SMILES string of the molecule is O=c1sc2cc(S(=O)(=O)NC34CC5CC(CC(C5)C3)C4)ccc2n1Cc1ccccc1. The molecule has 3 aromatic rings. The Morgan fingerprint density at radius 2 is 1.61 bits per heavy atom. The van der Waals surface area contributed by atoms with Gasteiger partial charge in [0.1, 0.15) is 0 Å². The van der Waals surface area contributed by atoms with E-state index in [2.05, 4.69) is 4.72 Å². The fourth-order valence-corrected chi connectivity index (χ4v) is 9.17. The average molecular weight is 455 g/mol. The fourth-order valence-electron chi connectivity index (χ4n) is 6.71. The summed E-state index contributed by atoms with van der Waals surface area (Å²) in [7, 11) is -3.63. The van der Waals surface area contributed by atoms with Crippen LogP contribution in [-0.2, 0) is 16.6 Å². The molecule has 7 rings (SSSR count). The zero-order valence-corrected chi connectivity index (χ0v) is 18.9. The van der Waals surface area contributed by atoms with Crippen molar-refractivity contribution in [3.05, 3.63) is 63.8 Å². The number of benzene rings is 2. The molecule has 4 bridgehead atoms. The van der Waals surface area contributed by atoms with E-state index in [1.54, 1.807) is 22.8 Å². The highest BCUT2D eigenvalue weighted by molar-refractivity contribution is 7.89. The van der Waals surface area contributed by atoms with Crippen LogP contribution in [0.15, 0.2) is 58.2 Å². The summed E-state index contributed by atoms with van der Waals surface area (Å²) in [6.45, 7) is 0.483. The van der Waals surface area contributed by atoms with E-state index in [0.717, 1.165) is 41.7 Å². The minimum Gasteiger partial charge on any atom is -0.294 e. The smallest absolute Gasteiger partial charge is 0.294 e. The van der Waals surface area contributed by atoms with Crippen molar-refractivity contribution in [3.8, 4) is 0 Å². The van der Waals surface area contributed by atoms with Gasteiger partial charge in [-0.3, -0.25) is 9.36 Å². The number of rotatable bonds is 5. The Kier molecular flexibility index (Phi) is 4.46. The molecule has 0 radical (unpaired) electrons. The van der Waals surface area contributed by atoms with Crippen molar-refractivity contribution in [1.82, 2.24) is 9.29 Å². The van der Waals surface area contributed by atoms with E-state index in [0.29, 0.717) is 29.0 Å². The minimum absolute atomic E-state index is 0.0672. The molecule has 4 fully saturated rings. The van der Waals surface area contributed by atoms with E-state index >= 15 is 0 Å². The number of nitrogens with one attached hydrogen (secondary N) is 1. The molecule has 0 atom stereocenters. The van der Waals surface area contributed by atoms with Crippen molar-refractivity contribution in [3.63, 3.8) is 0 Å². The van der Waals surface area contributed by atoms with Gasteiger partial charge in [-0.25, -0.2) is 13.1 Å². The number of nitrogens with zero attached hydrogens (tertiary/aromatic N) is 1. The van der Waals surface area contributed by atoms with E-state index in [4.69, 9.17) is 0 Å². The standard InChI is InChI=1S/C24H26N2O3S2/c27-23-26(15-16-4-2-1-3-5-16)21-7-6-20(11-22(21)30-23)31(28,29)25-24-12-17-8-18(13-24)10-19(9-17)14-24/h1-7,11,17-19,25H,8-10,12-15H2. The van der Waals surface area contributed by atoms with Crippen LogP contribution in [0.2, 0.25) is 0 Å². The van der Waals surface area contributed by atoms with Gasteiger partial charge in [-0.05, 0) is 80.0 Å². The molecule has 0 amide bonds. The van der Waals surface area contributed by atoms with Gasteiger partial charge in [-0.1, -0.05) is 41.7 Å². The van der Waals surface area contributed by atoms with E-state index in [1.807, 2.05) is 30.3 Å². The monoisotopic (exact) mass is 454 g/mol. The molecule has 0 aliphatic heterocycles. The zero-order chi connectivity index (χ0) is 21.2. The van der Waals surface area contributed by atoms with Gasteiger partial charge in [0.2, 0.25) is 10.0 Å². The van der Waals surface area contributed by atoms with Crippen LogP contribution in [0.1, 0.15) is 44.1 Å². The van der Waals surface area contributed by atoms with Crippen LogP contribution in [0.5, 0.6) is 0 Å². The van der Waals surface area contributed by atoms with E-state index < -0.39 is 10.0 Å². The first kappa shape index (κ1) is 19.7.